The maximum Gasteiger partial charge on any atom is 0.317 e. The minimum atomic E-state index is -0.0916. The van der Waals surface area contributed by atoms with Crippen LogP contribution in [-0.4, -0.2) is 44.9 Å². The van der Waals surface area contributed by atoms with Crippen molar-refractivity contribution in [1.82, 2.24) is 25.0 Å². The molecule has 2 aromatic rings. The molecule has 0 bridgehead atoms. The number of rotatable bonds is 4. The van der Waals surface area contributed by atoms with Crippen LogP contribution in [0, 0.1) is 0 Å². The summed E-state index contributed by atoms with van der Waals surface area (Å²) in [5.74, 6) is 0.761. The van der Waals surface area contributed by atoms with Gasteiger partial charge < -0.3 is 19.5 Å². The van der Waals surface area contributed by atoms with Gasteiger partial charge in [0.05, 0.1) is 19.2 Å². The summed E-state index contributed by atoms with van der Waals surface area (Å²) in [6.07, 6.45) is 1.62. The normalized spacial score (nSPS) is 21.4. The zero-order valence-electron chi connectivity index (χ0n) is 13.3. The molecule has 0 aliphatic carbocycles. The summed E-state index contributed by atoms with van der Waals surface area (Å²) in [4.78, 5) is 14.3. The van der Waals surface area contributed by atoms with E-state index in [1.165, 1.54) is 0 Å². The van der Waals surface area contributed by atoms with Crippen molar-refractivity contribution in [2.75, 3.05) is 13.1 Å². The average Bonchev–Trinajstić information content (AvgIpc) is 3.23. The van der Waals surface area contributed by atoms with Gasteiger partial charge in [0.15, 0.2) is 5.82 Å². The number of aromatic nitrogens is 3. The minimum Gasteiger partial charge on any atom is -0.367 e. The van der Waals surface area contributed by atoms with Crippen LogP contribution >= 0.6 is 11.3 Å². The van der Waals surface area contributed by atoms with Crippen LogP contribution in [0.5, 0.6) is 0 Å². The molecule has 2 aromatic heterocycles. The molecular weight excluding hydrogens is 314 g/mol. The maximum absolute atomic E-state index is 12.5. The number of carbonyl (C=O) groups excluding carboxylic acids is 1. The molecule has 124 valence electrons. The van der Waals surface area contributed by atoms with Crippen molar-refractivity contribution in [3.63, 3.8) is 0 Å². The summed E-state index contributed by atoms with van der Waals surface area (Å²) >= 11 is 1.64. The molecule has 1 aliphatic rings. The smallest absolute Gasteiger partial charge is 0.317 e. The molecule has 2 amide bonds. The van der Waals surface area contributed by atoms with E-state index in [4.69, 9.17) is 4.74 Å². The molecule has 1 aliphatic heterocycles. The summed E-state index contributed by atoms with van der Waals surface area (Å²) in [5.41, 5.74) is 1.13. The lowest BCUT2D eigenvalue weighted by Crippen LogP contribution is -2.49. The quantitative estimate of drug-likeness (QED) is 0.928. The molecule has 1 fully saturated rings. The number of thiophene rings is 1. The van der Waals surface area contributed by atoms with Crippen LogP contribution in [0.4, 0.5) is 4.79 Å². The van der Waals surface area contributed by atoms with E-state index < -0.39 is 0 Å². The molecule has 0 aromatic carbocycles. The third kappa shape index (κ3) is 3.70. The monoisotopic (exact) mass is 335 g/mol. The van der Waals surface area contributed by atoms with Crippen molar-refractivity contribution < 1.29 is 9.53 Å². The molecule has 0 radical (unpaired) electrons. The first-order valence-corrected chi connectivity index (χ1v) is 8.68. The highest BCUT2D eigenvalue weighted by Gasteiger charge is 2.29. The van der Waals surface area contributed by atoms with Gasteiger partial charge in [-0.05, 0) is 36.2 Å². The molecule has 2 atom stereocenters. The Kier molecular flexibility index (Phi) is 4.92. The number of carbonyl (C=O) groups is 1. The Balaban J connectivity index is 1.60. The van der Waals surface area contributed by atoms with Crippen LogP contribution in [-0.2, 0) is 17.8 Å². The molecule has 7 nitrogen and oxygen atoms in total. The highest BCUT2D eigenvalue weighted by atomic mass is 32.1. The molecule has 3 heterocycles. The Morgan fingerprint density at radius 1 is 1.52 bits per heavy atom. The lowest BCUT2D eigenvalue weighted by atomic mass is 10.1. The average molecular weight is 335 g/mol. The molecule has 0 spiro atoms. The number of nitrogens with one attached hydrogen (secondary N) is 1. The number of hydrogen-bond acceptors (Lipinski definition) is 5. The molecular formula is C15H21N5O2S. The zero-order chi connectivity index (χ0) is 16.2. The first kappa shape index (κ1) is 15.9. The summed E-state index contributed by atoms with van der Waals surface area (Å²) in [5, 5.41) is 14.9. The fraction of sp³-hybridized carbons (Fsp3) is 0.533. The zero-order valence-corrected chi connectivity index (χ0v) is 14.1. The first-order chi connectivity index (χ1) is 11.2. The van der Waals surface area contributed by atoms with Crippen LogP contribution in [0.1, 0.15) is 31.3 Å². The van der Waals surface area contributed by atoms with E-state index >= 15 is 0 Å². The van der Waals surface area contributed by atoms with Crippen LogP contribution in [0.3, 0.4) is 0 Å². The van der Waals surface area contributed by atoms with Gasteiger partial charge in [-0.1, -0.05) is 0 Å². The van der Waals surface area contributed by atoms with Gasteiger partial charge >= 0.3 is 6.03 Å². The third-order valence-corrected chi connectivity index (χ3v) is 4.60. The maximum atomic E-state index is 12.5. The second-order valence-corrected chi connectivity index (χ2v) is 6.37. The summed E-state index contributed by atoms with van der Waals surface area (Å²) in [6, 6.07) is 1.96. The number of nitrogens with zero attached hydrogens (tertiary/aromatic N) is 4. The number of amides is 2. The van der Waals surface area contributed by atoms with E-state index in [-0.39, 0.29) is 18.2 Å². The van der Waals surface area contributed by atoms with Gasteiger partial charge in [-0.3, -0.25) is 0 Å². The molecule has 0 saturated carbocycles. The number of morpholine rings is 1. The Bertz CT molecular complexity index is 642. The van der Waals surface area contributed by atoms with Crippen molar-refractivity contribution in [2.24, 2.45) is 0 Å². The van der Waals surface area contributed by atoms with Gasteiger partial charge in [-0.15, -0.1) is 10.2 Å². The van der Waals surface area contributed by atoms with Gasteiger partial charge in [-0.2, -0.15) is 11.3 Å². The highest BCUT2D eigenvalue weighted by molar-refractivity contribution is 7.07. The molecule has 23 heavy (non-hydrogen) atoms. The van der Waals surface area contributed by atoms with Crippen LogP contribution in [0.15, 0.2) is 23.2 Å². The topological polar surface area (TPSA) is 72.3 Å². The number of ether oxygens (including phenoxy) is 1. The minimum absolute atomic E-state index is 0.0127. The third-order valence-electron chi connectivity index (χ3n) is 3.90. The number of hydrogen-bond donors (Lipinski definition) is 1. The van der Waals surface area contributed by atoms with E-state index in [1.807, 2.05) is 34.8 Å². The van der Waals surface area contributed by atoms with Gasteiger partial charge in [0.1, 0.15) is 12.4 Å². The SMILES string of the molecule is CCn1cnnc1CNC(=O)N1C[C@@H](C)O[C@H](c2ccsc2)C1. The highest BCUT2D eigenvalue weighted by Crippen LogP contribution is 2.26. The van der Waals surface area contributed by atoms with Crippen LogP contribution in [0.25, 0.3) is 0 Å². The molecule has 1 N–H and O–H groups in total. The predicted octanol–water partition coefficient (Wildman–Crippen LogP) is 2.03. The van der Waals surface area contributed by atoms with Gasteiger partial charge in [0.25, 0.3) is 0 Å². The fourth-order valence-corrected chi connectivity index (χ4v) is 3.41. The van der Waals surface area contributed by atoms with Crippen molar-refractivity contribution in [3.05, 3.63) is 34.5 Å². The molecule has 0 unspecified atom stereocenters. The van der Waals surface area contributed by atoms with E-state index in [0.29, 0.717) is 19.6 Å². The van der Waals surface area contributed by atoms with Crippen molar-refractivity contribution in [3.8, 4) is 0 Å². The first-order valence-electron chi connectivity index (χ1n) is 7.74. The van der Waals surface area contributed by atoms with E-state index in [0.717, 1.165) is 17.9 Å². The predicted molar refractivity (Wildman–Crippen MR) is 87.1 cm³/mol. The molecule has 1 saturated heterocycles. The van der Waals surface area contributed by atoms with Gasteiger partial charge in [0, 0.05) is 13.1 Å². The second kappa shape index (κ2) is 7.10. The molecule has 8 heteroatoms. The largest absolute Gasteiger partial charge is 0.367 e. The van der Waals surface area contributed by atoms with E-state index in [2.05, 4.69) is 20.9 Å². The summed E-state index contributed by atoms with van der Waals surface area (Å²) in [6.45, 7) is 6.32. The Labute approximate surface area is 139 Å². The summed E-state index contributed by atoms with van der Waals surface area (Å²) in [7, 11) is 0. The molecule has 3 rings (SSSR count). The number of aryl methyl sites for hydroxylation is 1. The van der Waals surface area contributed by atoms with Gasteiger partial charge in [0.2, 0.25) is 0 Å². The van der Waals surface area contributed by atoms with Crippen molar-refractivity contribution in [2.45, 2.75) is 39.1 Å². The fourth-order valence-electron chi connectivity index (χ4n) is 2.71. The van der Waals surface area contributed by atoms with Crippen molar-refractivity contribution >= 4 is 17.4 Å². The number of urea groups is 1. The van der Waals surface area contributed by atoms with Crippen LogP contribution in [0.2, 0.25) is 0 Å². The Morgan fingerprint density at radius 2 is 2.39 bits per heavy atom. The lowest BCUT2D eigenvalue weighted by Gasteiger charge is -2.36. The van der Waals surface area contributed by atoms with E-state index in [9.17, 15) is 4.79 Å². The Morgan fingerprint density at radius 3 is 3.13 bits per heavy atom. The van der Waals surface area contributed by atoms with Gasteiger partial charge in [-0.25, -0.2) is 4.79 Å². The lowest BCUT2D eigenvalue weighted by molar-refractivity contribution is -0.0655. The van der Waals surface area contributed by atoms with Crippen LogP contribution < -0.4 is 5.32 Å². The second-order valence-electron chi connectivity index (χ2n) is 5.59. The van der Waals surface area contributed by atoms with E-state index in [1.54, 1.807) is 17.7 Å². The van der Waals surface area contributed by atoms with Crippen molar-refractivity contribution in [1.29, 1.82) is 0 Å². The standard InChI is InChI=1S/C15H21N5O2S/c1-3-19-10-17-18-14(19)6-16-15(21)20-7-11(2)22-13(8-20)12-4-5-23-9-12/h4-5,9-11,13H,3,6-8H2,1-2H3,(H,16,21)/t11-,13+/m1/s1. The Hall–Kier alpha value is -1.93. The summed E-state index contributed by atoms with van der Waals surface area (Å²) < 4.78 is 7.87.